The molecule has 0 saturated heterocycles. The monoisotopic (exact) mass is 216 g/mol. The molecular weight excluding hydrogens is 200 g/mol. The molecule has 0 radical (unpaired) electrons. The van der Waals surface area contributed by atoms with Crippen molar-refractivity contribution in [3.63, 3.8) is 0 Å². The zero-order chi connectivity index (χ0) is 11.7. The van der Waals surface area contributed by atoms with Gasteiger partial charge in [-0.1, -0.05) is 19.8 Å². The van der Waals surface area contributed by atoms with Gasteiger partial charge in [0, 0.05) is 12.2 Å². The number of aliphatic hydroxyl groups is 1. The number of carboxylic acid groups (broad SMARTS) is 1. The van der Waals surface area contributed by atoms with Gasteiger partial charge in [0.05, 0.1) is 6.10 Å². The van der Waals surface area contributed by atoms with E-state index in [0.717, 1.165) is 18.9 Å². The van der Waals surface area contributed by atoms with Gasteiger partial charge in [-0.05, 0) is 6.42 Å². The molecule has 0 fully saturated rings. The van der Waals surface area contributed by atoms with Crippen molar-refractivity contribution in [1.29, 1.82) is 0 Å². The minimum absolute atomic E-state index is 0.0945. The van der Waals surface area contributed by atoms with Crippen molar-refractivity contribution in [2.45, 2.75) is 32.3 Å². The Bertz CT molecular complexity index is 234. The summed E-state index contributed by atoms with van der Waals surface area (Å²) in [6, 6.07) is 0. The number of carboxylic acids is 1. The average Bonchev–Trinajstić information content (AvgIpc) is 2.20. The topological polar surface area (TPSA) is 83.8 Å². The fourth-order valence-corrected chi connectivity index (χ4v) is 0.889. The molecule has 0 aliphatic heterocycles. The Kier molecular flexibility index (Phi) is 7.27. The van der Waals surface area contributed by atoms with Crippen LogP contribution in [0.1, 0.15) is 26.2 Å². The number of ether oxygens (including phenoxy) is 1. The Morgan fingerprint density at radius 3 is 2.60 bits per heavy atom. The molecule has 0 heterocycles. The third kappa shape index (κ3) is 8.96. The number of esters is 1. The minimum atomic E-state index is -1.21. The van der Waals surface area contributed by atoms with Crippen molar-refractivity contribution in [3.8, 4) is 0 Å². The third-order valence-corrected chi connectivity index (χ3v) is 1.67. The highest BCUT2D eigenvalue weighted by Gasteiger charge is 2.06. The van der Waals surface area contributed by atoms with Crippen molar-refractivity contribution in [2.75, 3.05) is 6.61 Å². The maximum atomic E-state index is 10.8. The maximum absolute atomic E-state index is 10.8. The lowest BCUT2D eigenvalue weighted by Gasteiger charge is -2.08. The summed E-state index contributed by atoms with van der Waals surface area (Å²) in [5.74, 6) is -1.97. The van der Waals surface area contributed by atoms with Gasteiger partial charge in [0.25, 0.3) is 0 Å². The van der Waals surface area contributed by atoms with E-state index in [-0.39, 0.29) is 6.61 Å². The molecule has 1 unspecified atom stereocenters. The van der Waals surface area contributed by atoms with E-state index in [9.17, 15) is 14.7 Å². The van der Waals surface area contributed by atoms with Gasteiger partial charge in [-0.15, -0.1) is 0 Å². The predicted octanol–water partition coefficient (Wildman–Crippen LogP) is 0.721. The highest BCUT2D eigenvalue weighted by molar-refractivity contribution is 5.90. The van der Waals surface area contributed by atoms with E-state index in [2.05, 4.69) is 4.74 Å². The number of rotatable bonds is 7. The number of unbranched alkanes of at least 4 members (excludes halogenated alkanes) is 1. The molecule has 0 aromatic heterocycles. The van der Waals surface area contributed by atoms with Crippen LogP contribution >= 0.6 is 0 Å². The van der Waals surface area contributed by atoms with E-state index in [0.29, 0.717) is 12.5 Å². The average molecular weight is 216 g/mol. The Hall–Kier alpha value is -1.36. The Labute approximate surface area is 88.4 Å². The second kappa shape index (κ2) is 7.99. The summed E-state index contributed by atoms with van der Waals surface area (Å²) in [5, 5.41) is 17.5. The summed E-state index contributed by atoms with van der Waals surface area (Å²) in [6.07, 6.45) is 3.24. The Morgan fingerprint density at radius 1 is 1.40 bits per heavy atom. The van der Waals surface area contributed by atoms with Crippen molar-refractivity contribution in [3.05, 3.63) is 12.2 Å². The van der Waals surface area contributed by atoms with Crippen molar-refractivity contribution in [2.24, 2.45) is 0 Å². The lowest BCUT2D eigenvalue weighted by Crippen LogP contribution is -2.17. The van der Waals surface area contributed by atoms with Crippen LogP contribution in [0.15, 0.2) is 12.2 Å². The zero-order valence-electron chi connectivity index (χ0n) is 8.68. The van der Waals surface area contributed by atoms with Gasteiger partial charge in [-0.25, -0.2) is 9.59 Å². The van der Waals surface area contributed by atoms with Crippen LogP contribution in [-0.4, -0.2) is 34.9 Å². The summed E-state index contributed by atoms with van der Waals surface area (Å²) in [7, 11) is 0. The Balaban J connectivity index is 3.66. The van der Waals surface area contributed by atoms with Crippen LogP contribution in [0.25, 0.3) is 0 Å². The lowest BCUT2D eigenvalue weighted by atomic mass is 10.2. The largest absolute Gasteiger partial charge is 0.478 e. The van der Waals surface area contributed by atoms with E-state index in [1.807, 2.05) is 6.92 Å². The molecule has 0 rings (SSSR count). The van der Waals surface area contributed by atoms with Crippen LogP contribution in [0.4, 0.5) is 0 Å². The summed E-state index contributed by atoms with van der Waals surface area (Å²) in [4.78, 5) is 20.9. The molecule has 1 atom stereocenters. The number of aliphatic carboxylic acids is 1. The van der Waals surface area contributed by atoms with Crippen molar-refractivity contribution >= 4 is 11.9 Å². The van der Waals surface area contributed by atoms with E-state index in [1.165, 1.54) is 0 Å². The summed E-state index contributed by atoms with van der Waals surface area (Å²) >= 11 is 0. The van der Waals surface area contributed by atoms with Gasteiger partial charge < -0.3 is 14.9 Å². The lowest BCUT2D eigenvalue weighted by molar-refractivity contribution is -0.141. The SMILES string of the molecule is CCCCC(O)COC(=O)/C=C\C(=O)O. The van der Waals surface area contributed by atoms with E-state index >= 15 is 0 Å². The van der Waals surface area contributed by atoms with Crippen LogP contribution in [0.5, 0.6) is 0 Å². The number of carbonyl (C=O) groups excluding carboxylic acids is 1. The van der Waals surface area contributed by atoms with Crippen LogP contribution < -0.4 is 0 Å². The molecule has 0 aromatic rings. The molecule has 2 N–H and O–H groups in total. The summed E-state index contributed by atoms with van der Waals surface area (Å²) in [6.45, 7) is 1.90. The number of aliphatic hydroxyl groups excluding tert-OH is 1. The molecule has 86 valence electrons. The van der Waals surface area contributed by atoms with Gasteiger partial charge in [-0.3, -0.25) is 0 Å². The zero-order valence-corrected chi connectivity index (χ0v) is 8.68. The minimum Gasteiger partial charge on any atom is -0.478 e. The first-order chi connectivity index (χ1) is 7.06. The van der Waals surface area contributed by atoms with E-state index < -0.39 is 18.0 Å². The standard InChI is InChI=1S/C10H16O5/c1-2-3-4-8(11)7-15-10(14)6-5-9(12)13/h5-6,8,11H,2-4,7H2,1H3,(H,12,13)/b6-5-. The van der Waals surface area contributed by atoms with Gasteiger partial charge in [0.1, 0.15) is 6.61 Å². The fourth-order valence-electron chi connectivity index (χ4n) is 0.889. The third-order valence-electron chi connectivity index (χ3n) is 1.67. The first-order valence-electron chi connectivity index (χ1n) is 4.82. The highest BCUT2D eigenvalue weighted by Crippen LogP contribution is 2.00. The van der Waals surface area contributed by atoms with Gasteiger partial charge in [-0.2, -0.15) is 0 Å². The second-order valence-electron chi connectivity index (χ2n) is 3.10. The first kappa shape index (κ1) is 13.6. The molecule has 15 heavy (non-hydrogen) atoms. The number of hydrogen-bond acceptors (Lipinski definition) is 4. The van der Waals surface area contributed by atoms with E-state index in [4.69, 9.17) is 5.11 Å². The second-order valence-corrected chi connectivity index (χ2v) is 3.10. The fraction of sp³-hybridized carbons (Fsp3) is 0.600. The molecule has 0 aliphatic rings. The van der Waals surface area contributed by atoms with Gasteiger partial charge >= 0.3 is 11.9 Å². The maximum Gasteiger partial charge on any atom is 0.331 e. The van der Waals surface area contributed by atoms with Crippen LogP contribution in [0.2, 0.25) is 0 Å². The van der Waals surface area contributed by atoms with Gasteiger partial charge in [0.2, 0.25) is 0 Å². The van der Waals surface area contributed by atoms with Crippen molar-refractivity contribution in [1.82, 2.24) is 0 Å². The van der Waals surface area contributed by atoms with Crippen LogP contribution in [0, 0.1) is 0 Å². The van der Waals surface area contributed by atoms with Gasteiger partial charge in [0.15, 0.2) is 0 Å². The molecule has 0 spiro atoms. The molecule has 0 aromatic carbocycles. The molecule has 0 aliphatic carbocycles. The molecule has 5 nitrogen and oxygen atoms in total. The van der Waals surface area contributed by atoms with Crippen LogP contribution in [0.3, 0.4) is 0 Å². The number of carbonyl (C=O) groups is 2. The molecule has 0 amide bonds. The quantitative estimate of drug-likeness (QED) is 0.484. The molecule has 0 bridgehead atoms. The number of hydrogen-bond donors (Lipinski definition) is 2. The highest BCUT2D eigenvalue weighted by atomic mass is 16.5. The van der Waals surface area contributed by atoms with E-state index in [1.54, 1.807) is 0 Å². The normalized spacial score (nSPS) is 12.7. The molecule has 5 heteroatoms. The van der Waals surface area contributed by atoms with Crippen molar-refractivity contribution < 1.29 is 24.5 Å². The summed E-state index contributed by atoms with van der Waals surface area (Å²) < 4.78 is 4.61. The summed E-state index contributed by atoms with van der Waals surface area (Å²) in [5.41, 5.74) is 0. The smallest absolute Gasteiger partial charge is 0.331 e. The molecule has 0 saturated carbocycles. The Morgan fingerprint density at radius 2 is 2.07 bits per heavy atom. The molecular formula is C10H16O5. The van der Waals surface area contributed by atoms with Crippen LogP contribution in [-0.2, 0) is 14.3 Å². The predicted molar refractivity (Wildman–Crippen MR) is 53.3 cm³/mol. The first-order valence-corrected chi connectivity index (χ1v) is 4.82.